The highest BCUT2D eigenvalue weighted by Crippen LogP contribution is 2.21. The molecule has 0 bridgehead atoms. The first-order valence-corrected chi connectivity index (χ1v) is 8.22. The molecule has 2 saturated heterocycles. The number of rotatable bonds is 6. The highest BCUT2D eigenvalue weighted by Gasteiger charge is 2.31. The molecule has 2 amide bonds. The molecule has 0 saturated carbocycles. The Morgan fingerprint density at radius 1 is 1.35 bits per heavy atom. The molecule has 0 radical (unpaired) electrons. The third kappa shape index (κ3) is 4.66. The Kier molecular flexibility index (Phi) is 5.84. The first kappa shape index (κ1) is 16.2. The Morgan fingerprint density at radius 2 is 2.22 bits per heavy atom. The van der Waals surface area contributed by atoms with Crippen LogP contribution < -0.4 is 10.6 Å². The van der Waals surface area contributed by atoms with Crippen LogP contribution in [-0.2, 0) is 16.0 Å². The Labute approximate surface area is 135 Å². The number of urea groups is 1. The van der Waals surface area contributed by atoms with Gasteiger partial charge in [0.25, 0.3) is 0 Å². The second kappa shape index (κ2) is 8.28. The second-order valence-corrected chi connectivity index (χ2v) is 5.98. The lowest BCUT2D eigenvalue weighted by Crippen LogP contribution is -2.53. The minimum atomic E-state index is -0.156. The van der Waals surface area contributed by atoms with Gasteiger partial charge in [0, 0.05) is 44.4 Å². The summed E-state index contributed by atoms with van der Waals surface area (Å²) in [6.07, 6.45) is 2.73. The lowest BCUT2D eigenvalue weighted by atomic mass is 9.97. The molecule has 3 rings (SSSR count). The van der Waals surface area contributed by atoms with Gasteiger partial charge in [-0.15, -0.1) is 0 Å². The van der Waals surface area contributed by atoms with Crippen LogP contribution in [0.15, 0.2) is 12.3 Å². The van der Waals surface area contributed by atoms with Crippen LogP contribution in [0.25, 0.3) is 0 Å². The van der Waals surface area contributed by atoms with E-state index >= 15 is 0 Å². The molecule has 23 heavy (non-hydrogen) atoms. The zero-order chi connectivity index (χ0) is 15.9. The zero-order valence-electron chi connectivity index (χ0n) is 13.3. The van der Waals surface area contributed by atoms with Crippen molar-refractivity contribution in [2.24, 2.45) is 5.92 Å². The van der Waals surface area contributed by atoms with Crippen molar-refractivity contribution in [3.05, 3.63) is 18.0 Å². The topological polar surface area (TPSA) is 91.5 Å². The normalized spacial score (nSPS) is 23.6. The highest BCUT2D eigenvalue weighted by atomic mass is 16.5. The number of hydrogen-bond acceptors (Lipinski definition) is 5. The summed E-state index contributed by atoms with van der Waals surface area (Å²) in [5.41, 5.74) is 0.883. The maximum Gasteiger partial charge on any atom is 0.315 e. The molecule has 8 nitrogen and oxygen atoms in total. The lowest BCUT2D eigenvalue weighted by Gasteiger charge is -2.37. The fourth-order valence-electron chi connectivity index (χ4n) is 3.18. The predicted octanol–water partition coefficient (Wildman–Crippen LogP) is -0.0538. The van der Waals surface area contributed by atoms with Crippen molar-refractivity contribution in [1.29, 1.82) is 0 Å². The van der Waals surface area contributed by atoms with Gasteiger partial charge in [-0.25, -0.2) is 4.79 Å². The summed E-state index contributed by atoms with van der Waals surface area (Å²) in [7, 11) is 0. The van der Waals surface area contributed by atoms with Gasteiger partial charge < -0.3 is 20.1 Å². The predicted molar refractivity (Wildman–Crippen MR) is 83.9 cm³/mol. The van der Waals surface area contributed by atoms with Gasteiger partial charge in [0.15, 0.2) is 0 Å². The number of H-pyrrole nitrogens is 1. The molecule has 2 aliphatic heterocycles. The van der Waals surface area contributed by atoms with E-state index in [0.717, 1.165) is 51.6 Å². The van der Waals surface area contributed by atoms with Crippen LogP contribution in [0.1, 0.15) is 12.1 Å². The highest BCUT2D eigenvalue weighted by molar-refractivity contribution is 5.73. The minimum absolute atomic E-state index is 0.156. The summed E-state index contributed by atoms with van der Waals surface area (Å²) in [6, 6.07) is 1.99. The average Bonchev–Trinajstić information content (AvgIpc) is 3.28. The van der Waals surface area contributed by atoms with Gasteiger partial charge in [-0.2, -0.15) is 5.10 Å². The summed E-state index contributed by atoms with van der Waals surface area (Å²) in [5, 5.41) is 12.5. The van der Waals surface area contributed by atoms with E-state index in [1.54, 1.807) is 6.20 Å². The minimum Gasteiger partial charge on any atom is -0.381 e. The molecule has 0 aromatic carbocycles. The maximum atomic E-state index is 12.0. The van der Waals surface area contributed by atoms with E-state index in [2.05, 4.69) is 25.7 Å². The molecule has 1 aromatic rings. The number of morpholine rings is 1. The van der Waals surface area contributed by atoms with Crippen LogP contribution in [0.3, 0.4) is 0 Å². The monoisotopic (exact) mass is 323 g/mol. The molecule has 3 N–H and O–H groups in total. The first-order valence-electron chi connectivity index (χ1n) is 8.22. The van der Waals surface area contributed by atoms with Gasteiger partial charge in [-0.3, -0.25) is 10.00 Å². The third-order valence-electron chi connectivity index (χ3n) is 4.49. The van der Waals surface area contributed by atoms with E-state index in [-0.39, 0.29) is 6.03 Å². The molecule has 0 unspecified atom stereocenters. The first-order chi connectivity index (χ1) is 11.3. The van der Waals surface area contributed by atoms with Crippen molar-refractivity contribution in [3.8, 4) is 0 Å². The van der Waals surface area contributed by atoms with E-state index in [1.165, 1.54) is 0 Å². The van der Waals surface area contributed by atoms with Crippen LogP contribution in [0.2, 0.25) is 0 Å². The quantitative estimate of drug-likeness (QED) is 0.682. The van der Waals surface area contributed by atoms with Crippen LogP contribution in [-0.4, -0.2) is 73.2 Å². The molecular weight excluding hydrogens is 298 g/mol. The molecule has 128 valence electrons. The van der Waals surface area contributed by atoms with Crippen molar-refractivity contribution >= 4 is 6.03 Å². The number of nitrogens with zero attached hydrogens (tertiary/aromatic N) is 2. The second-order valence-electron chi connectivity index (χ2n) is 5.98. The van der Waals surface area contributed by atoms with Crippen LogP contribution in [0.5, 0.6) is 0 Å². The molecule has 3 heterocycles. The Bertz CT molecular complexity index is 469. The molecule has 0 spiro atoms. The number of aromatic amines is 1. The molecule has 0 aliphatic carbocycles. The van der Waals surface area contributed by atoms with Gasteiger partial charge in [0.2, 0.25) is 0 Å². The number of nitrogens with one attached hydrogen (secondary N) is 3. The van der Waals surface area contributed by atoms with Gasteiger partial charge in [0.05, 0.1) is 32.1 Å². The van der Waals surface area contributed by atoms with E-state index in [4.69, 9.17) is 9.47 Å². The van der Waals surface area contributed by atoms with Gasteiger partial charge in [-0.1, -0.05) is 0 Å². The molecule has 2 fully saturated rings. The van der Waals surface area contributed by atoms with Crippen molar-refractivity contribution in [2.75, 3.05) is 46.1 Å². The number of aromatic nitrogens is 2. The molecule has 2 atom stereocenters. The summed E-state index contributed by atoms with van der Waals surface area (Å²) in [4.78, 5) is 14.4. The maximum absolute atomic E-state index is 12.0. The Morgan fingerprint density at radius 3 is 2.91 bits per heavy atom. The van der Waals surface area contributed by atoms with Gasteiger partial charge in [0.1, 0.15) is 0 Å². The van der Waals surface area contributed by atoms with Crippen molar-refractivity contribution in [1.82, 2.24) is 25.7 Å². The summed E-state index contributed by atoms with van der Waals surface area (Å²) >= 11 is 0. The van der Waals surface area contributed by atoms with Gasteiger partial charge >= 0.3 is 6.03 Å². The fraction of sp³-hybridized carbons (Fsp3) is 0.733. The number of ether oxygens (including phenoxy) is 2. The van der Waals surface area contributed by atoms with Crippen molar-refractivity contribution in [2.45, 2.75) is 19.0 Å². The van der Waals surface area contributed by atoms with E-state index in [9.17, 15) is 4.79 Å². The molecule has 1 aromatic heterocycles. The van der Waals surface area contributed by atoms with Crippen molar-refractivity contribution in [3.63, 3.8) is 0 Å². The zero-order valence-corrected chi connectivity index (χ0v) is 13.3. The number of amides is 2. The Balaban J connectivity index is 1.47. The molecule has 2 aliphatic rings. The Hall–Kier alpha value is -1.64. The fourth-order valence-corrected chi connectivity index (χ4v) is 3.18. The number of carbonyl (C=O) groups excluding carboxylic acids is 1. The summed E-state index contributed by atoms with van der Waals surface area (Å²) < 4.78 is 11.0. The number of carbonyl (C=O) groups is 1. The lowest BCUT2D eigenvalue weighted by molar-refractivity contribution is 0.00212. The third-order valence-corrected chi connectivity index (χ3v) is 4.49. The molecular formula is C15H25N5O3. The van der Waals surface area contributed by atoms with Crippen LogP contribution in [0.4, 0.5) is 4.79 Å². The largest absolute Gasteiger partial charge is 0.381 e. The van der Waals surface area contributed by atoms with E-state index < -0.39 is 0 Å². The van der Waals surface area contributed by atoms with Crippen LogP contribution >= 0.6 is 0 Å². The van der Waals surface area contributed by atoms with Crippen molar-refractivity contribution < 1.29 is 14.3 Å². The standard InChI is InChI=1S/C15H25N5O3/c21-15(16-9-13-1-3-18-19-13)17-10-14(12-2-6-23-11-12)20-4-7-22-8-5-20/h1,3,12,14H,2,4-11H2,(H,18,19)(H2,16,17,21)/t12-,14-/m0/s1. The summed E-state index contributed by atoms with van der Waals surface area (Å²) in [6.45, 7) is 6.02. The summed E-state index contributed by atoms with van der Waals surface area (Å²) in [5.74, 6) is 0.473. The van der Waals surface area contributed by atoms with E-state index in [1.807, 2.05) is 6.07 Å². The SMILES string of the molecule is O=C(NCc1ccn[nH]1)NC[C@@H]([C@H]1CCOC1)N1CCOCC1. The molecule has 8 heteroatoms. The number of hydrogen-bond donors (Lipinski definition) is 3. The average molecular weight is 323 g/mol. The van der Waals surface area contributed by atoms with E-state index in [0.29, 0.717) is 25.0 Å². The smallest absolute Gasteiger partial charge is 0.315 e. The van der Waals surface area contributed by atoms with Gasteiger partial charge in [-0.05, 0) is 12.5 Å². The van der Waals surface area contributed by atoms with Crippen LogP contribution in [0, 0.1) is 5.92 Å².